The van der Waals surface area contributed by atoms with Gasteiger partial charge in [-0.3, -0.25) is 10.1 Å². The second kappa shape index (κ2) is 8.18. The van der Waals surface area contributed by atoms with E-state index in [0.29, 0.717) is 12.3 Å². The van der Waals surface area contributed by atoms with Gasteiger partial charge in [-0.15, -0.1) is 0 Å². The molecule has 20 heavy (non-hydrogen) atoms. The monoisotopic (exact) mass is 275 g/mol. The number of ether oxygens (including phenoxy) is 1. The second-order valence-corrected chi connectivity index (χ2v) is 4.52. The van der Waals surface area contributed by atoms with Crippen molar-refractivity contribution in [3.8, 4) is 11.8 Å². The predicted molar refractivity (Wildman–Crippen MR) is 77.2 cm³/mol. The molecule has 0 heterocycles. The van der Waals surface area contributed by atoms with Crippen molar-refractivity contribution in [3.05, 3.63) is 29.8 Å². The third kappa shape index (κ3) is 4.90. The number of carbonyl (C=O) groups excluding carboxylic acids is 1. The van der Waals surface area contributed by atoms with Crippen LogP contribution in [0.25, 0.3) is 0 Å². The van der Waals surface area contributed by atoms with Crippen LogP contribution in [0.5, 0.6) is 5.75 Å². The van der Waals surface area contributed by atoms with E-state index in [9.17, 15) is 4.79 Å². The Kier molecular flexibility index (Phi) is 6.54. The molecular formula is C15H21N3O2. The van der Waals surface area contributed by atoms with Crippen molar-refractivity contribution in [3.63, 3.8) is 0 Å². The van der Waals surface area contributed by atoms with Gasteiger partial charge in [0.15, 0.2) is 6.61 Å². The fourth-order valence-corrected chi connectivity index (χ4v) is 1.84. The van der Waals surface area contributed by atoms with Crippen LogP contribution in [0.2, 0.25) is 0 Å². The number of nitrogens with zero attached hydrogens (tertiary/aromatic N) is 1. The average Bonchev–Trinajstić information content (AvgIpc) is 2.45. The summed E-state index contributed by atoms with van der Waals surface area (Å²) in [5, 5.41) is 14.5. The quantitative estimate of drug-likeness (QED) is 0.795. The zero-order valence-electron chi connectivity index (χ0n) is 12.1. The fraction of sp³-hybridized carbons (Fsp3) is 0.467. The van der Waals surface area contributed by atoms with Crippen molar-refractivity contribution in [2.75, 3.05) is 13.2 Å². The van der Waals surface area contributed by atoms with E-state index in [0.717, 1.165) is 5.56 Å². The Bertz CT molecular complexity index is 465. The summed E-state index contributed by atoms with van der Waals surface area (Å²) in [7, 11) is 0. The summed E-state index contributed by atoms with van der Waals surface area (Å²) in [6, 6.07) is 9.22. The molecular weight excluding hydrogens is 254 g/mol. The van der Waals surface area contributed by atoms with E-state index in [1.807, 2.05) is 51.1 Å². The highest BCUT2D eigenvalue weighted by molar-refractivity contribution is 5.81. The minimum absolute atomic E-state index is 0.00618. The van der Waals surface area contributed by atoms with Crippen molar-refractivity contribution in [1.29, 1.82) is 5.26 Å². The van der Waals surface area contributed by atoms with Crippen molar-refractivity contribution >= 4 is 5.91 Å². The molecule has 0 bridgehead atoms. The summed E-state index contributed by atoms with van der Waals surface area (Å²) in [5.41, 5.74) is 1.06. The minimum Gasteiger partial charge on any atom is -0.479 e. The van der Waals surface area contributed by atoms with Crippen LogP contribution in [0.3, 0.4) is 0 Å². The summed E-state index contributed by atoms with van der Waals surface area (Å²) in [6.45, 7) is 6.41. The van der Waals surface area contributed by atoms with Crippen LogP contribution >= 0.6 is 0 Å². The molecule has 1 aromatic rings. The van der Waals surface area contributed by atoms with Gasteiger partial charge in [-0.25, -0.2) is 0 Å². The highest BCUT2D eigenvalue weighted by Crippen LogP contribution is 2.18. The van der Waals surface area contributed by atoms with Gasteiger partial charge in [0, 0.05) is 12.6 Å². The first-order chi connectivity index (χ1) is 9.58. The van der Waals surface area contributed by atoms with Crippen molar-refractivity contribution < 1.29 is 9.53 Å². The topological polar surface area (TPSA) is 74.2 Å². The molecule has 2 unspecified atom stereocenters. The molecule has 0 aliphatic heterocycles. The van der Waals surface area contributed by atoms with Crippen molar-refractivity contribution in [2.45, 2.75) is 32.9 Å². The number of amides is 1. The van der Waals surface area contributed by atoms with Gasteiger partial charge in [0.2, 0.25) is 5.91 Å². The number of benzene rings is 1. The maximum atomic E-state index is 11.7. The Morgan fingerprint density at radius 2 is 2.00 bits per heavy atom. The predicted octanol–water partition coefficient (Wildman–Crippen LogP) is 1.76. The summed E-state index contributed by atoms with van der Waals surface area (Å²) >= 11 is 0. The first-order valence-corrected chi connectivity index (χ1v) is 6.72. The molecule has 108 valence electrons. The van der Waals surface area contributed by atoms with E-state index in [-0.39, 0.29) is 24.6 Å². The molecule has 0 fully saturated rings. The van der Waals surface area contributed by atoms with E-state index in [1.165, 1.54) is 0 Å². The maximum absolute atomic E-state index is 11.7. The molecule has 0 aliphatic carbocycles. The number of hydrogen-bond donors (Lipinski definition) is 2. The Balaban J connectivity index is 2.57. The average molecular weight is 275 g/mol. The van der Waals surface area contributed by atoms with Crippen LogP contribution in [-0.2, 0) is 4.79 Å². The van der Waals surface area contributed by atoms with Gasteiger partial charge in [0.05, 0.1) is 6.04 Å². The number of rotatable bonds is 7. The smallest absolute Gasteiger partial charge is 0.236 e. The SMILES string of the molecule is CCNC(=O)C(C)NC(C)c1ccc(OCC#N)cc1. The van der Waals surface area contributed by atoms with Crippen molar-refractivity contribution in [1.82, 2.24) is 10.6 Å². The van der Waals surface area contributed by atoms with E-state index in [4.69, 9.17) is 10.00 Å². The van der Waals surface area contributed by atoms with Crippen LogP contribution in [-0.4, -0.2) is 25.1 Å². The highest BCUT2D eigenvalue weighted by atomic mass is 16.5. The zero-order valence-corrected chi connectivity index (χ0v) is 12.1. The van der Waals surface area contributed by atoms with Crippen LogP contribution in [0, 0.1) is 11.3 Å². The lowest BCUT2D eigenvalue weighted by Crippen LogP contribution is -2.42. The molecule has 0 saturated heterocycles. The van der Waals surface area contributed by atoms with E-state index >= 15 is 0 Å². The standard InChI is InChI=1S/C15H21N3O2/c1-4-17-15(19)12(3)18-11(2)13-5-7-14(8-6-13)20-10-9-16/h5-8,11-12,18H,4,10H2,1-3H3,(H,17,19). The van der Waals surface area contributed by atoms with Crippen LogP contribution < -0.4 is 15.4 Å². The summed E-state index contributed by atoms with van der Waals surface area (Å²) in [6.07, 6.45) is 0. The van der Waals surface area contributed by atoms with Gasteiger partial charge < -0.3 is 10.1 Å². The van der Waals surface area contributed by atoms with Gasteiger partial charge in [0.1, 0.15) is 11.8 Å². The summed E-state index contributed by atoms with van der Waals surface area (Å²) in [5.74, 6) is 0.660. The number of nitrogens with one attached hydrogen (secondary N) is 2. The van der Waals surface area contributed by atoms with Gasteiger partial charge in [0.25, 0.3) is 0 Å². The molecule has 5 heteroatoms. The van der Waals surface area contributed by atoms with Gasteiger partial charge in [-0.1, -0.05) is 12.1 Å². The molecule has 2 atom stereocenters. The molecule has 0 spiro atoms. The van der Waals surface area contributed by atoms with E-state index in [2.05, 4.69) is 10.6 Å². The van der Waals surface area contributed by atoms with Gasteiger partial charge in [-0.2, -0.15) is 5.26 Å². The van der Waals surface area contributed by atoms with E-state index in [1.54, 1.807) is 0 Å². The lowest BCUT2D eigenvalue weighted by molar-refractivity contribution is -0.122. The maximum Gasteiger partial charge on any atom is 0.236 e. The third-order valence-electron chi connectivity index (χ3n) is 2.93. The molecule has 0 aliphatic rings. The lowest BCUT2D eigenvalue weighted by atomic mass is 10.1. The van der Waals surface area contributed by atoms with Crippen LogP contribution in [0.15, 0.2) is 24.3 Å². The fourth-order valence-electron chi connectivity index (χ4n) is 1.84. The Morgan fingerprint density at radius 1 is 1.35 bits per heavy atom. The first kappa shape index (κ1) is 16.0. The Morgan fingerprint density at radius 3 is 2.55 bits per heavy atom. The number of hydrogen-bond acceptors (Lipinski definition) is 4. The minimum atomic E-state index is -0.250. The van der Waals surface area contributed by atoms with Gasteiger partial charge >= 0.3 is 0 Å². The van der Waals surface area contributed by atoms with Crippen LogP contribution in [0.1, 0.15) is 32.4 Å². The first-order valence-electron chi connectivity index (χ1n) is 6.72. The lowest BCUT2D eigenvalue weighted by Gasteiger charge is -2.20. The number of nitriles is 1. The largest absolute Gasteiger partial charge is 0.479 e. The molecule has 0 aromatic heterocycles. The number of carbonyl (C=O) groups is 1. The number of likely N-dealkylation sites (N-methyl/N-ethyl adjacent to an activating group) is 1. The summed E-state index contributed by atoms with van der Waals surface area (Å²) < 4.78 is 5.20. The Labute approximate surface area is 119 Å². The Hall–Kier alpha value is -2.06. The molecule has 1 rings (SSSR count). The highest BCUT2D eigenvalue weighted by Gasteiger charge is 2.15. The van der Waals surface area contributed by atoms with Gasteiger partial charge in [-0.05, 0) is 38.5 Å². The van der Waals surface area contributed by atoms with E-state index < -0.39 is 0 Å². The second-order valence-electron chi connectivity index (χ2n) is 4.52. The molecule has 1 amide bonds. The molecule has 1 aromatic carbocycles. The zero-order chi connectivity index (χ0) is 15.0. The third-order valence-corrected chi connectivity index (χ3v) is 2.93. The van der Waals surface area contributed by atoms with Crippen molar-refractivity contribution in [2.24, 2.45) is 0 Å². The molecule has 2 N–H and O–H groups in total. The van der Waals surface area contributed by atoms with Crippen LogP contribution in [0.4, 0.5) is 0 Å². The normalized spacial score (nSPS) is 13.1. The molecule has 0 radical (unpaired) electrons. The molecule has 5 nitrogen and oxygen atoms in total. The summed E-state index contributed by atoms with van der Waals surface area (Å²) in [4.78, 5) is 11.7. The molecule has 0 saturated carbocycles.